The average molecular weight is 205 g/mol. The quantitative estimate of drug-likeness (QED) is 0.511. The van der Waals surface area contributed by atoms with Crippen molar-refractivity contribution in [3.8, 4) is 12.3 Å². The highest BCUT2D eigenvalue weighted by atomic mass is 35.5. The average Bonchev–Trinajstić information content (AvgIpc) is 2.18. The fourth-order valence-electron chi connectivity index (χ4n) is 1.15. The van der Waals surface area contributed by atoms with Crippen LogP contribution >= 0.6 is 11.6 Å². The number of allylic oxidation sites excluding steroid dienone is 1. The van der Waals surface area contributed by atoms with Crippen LogP contribution in [0.1, 0.15) is 24.8 Å². The molecule has 0 saturated heterocycles. The van der Waals surface area contributed by atoms with Gasteiger partial charge in [-0.15, -0.1) is 12.3 Å². The molecule has 0 unspecified atom stereocenters. The van der Waals surface area contributed by atoms with Gasteiger partial charge >= 0.3 is 0 Å². The van der Waals surface area contributed by atoms with Gasteiger partial charge < -0.3 is 0 Å². The molecule has 0 atom stereocenters. The van der Waals surface area contributed by atoms with Gasteiger partial charge in [0.15, 0.2) is 0 Å². The van der Waals surface area contributed by atoms with E-state index in [9.17, 15) is 0 Å². The first-order chi connectivity index (χ1) is 6.83. The zero-order valence-electron chi connectivity index (χ0n) is 8.04. The van der Waals surface area contributed by atoms with Crippen LogP contribution < -0.4 is 0 Å². The van der Waals surface area contributed by atoms with Crippen LogP contribution in [0.4, 0.5) is 0 Å². The molecule has 0 spiro atoms. The first kappa shape index (κ1) is 10.9. The number of halogens is 1. The van der Waals surface area contributed by atoms with Gasteiger partial charge in [-0.3, -0.25) is 0 Å². The first-order valence-corrected chi connectivity index (χ1v) is 5.06. The maximum atomic E-state index is 5.85. The molecule has 0 N–H and O–H groups in total. The van der Waals surface area contributed by atoms with Gasteiger partial charge in [-0.2, -0.15) is 0 Å². The Hall–Kier alpha value is -1.19. The number of terminal acetylenes is 1. The predicted molar refractivity (Wildman–Crippen MR) is 63.2 cm³/mol. The Bertz CT molecular complexity index is 344. The second-order valence-electron chi connectivity index (χ2n) is 3.05. The highest BCUT2D eigenvalue weighted by Crippen LogP contribution is 2.12. The number of hydrogen-bond acceptors (Lipinski definition) is 0. The normalized spacial score (nSPS) is 10.3. The third-order valence-corrected chi connectivity index (χ3v) is 2.09. The van der Waals surface area contributed by atoms with E-state index in [2.05, 4.69) is 18.1 Å². The van der Waals surface area contributed by atoms with Gasteiger partial charge in [-0.05, 0) is 30.5 Å². The Morgan fingerprint density at radius 3 is 3.00 bits per heavy atom. The van der Waals surface area contributed by atoms with Crippen molar-refractivity contribution >= 4 is 17.7 Å². The molecule has 0 aromatic heterocycles. The zero-order chi connectivity index (χ0) is 10.2. The molecule has 1 aromatic rings. The molecule has 0 nitrogen and oxygen atoms in total. The minimum atomic E-state index is 0.774. The van der Waals surface area contributed by atoms with Crippen LogP contribution in [-0.4, -0.2) is 0 Å². The fraction of sp³-hybridized carbons (Fsp3) is 0.231. The van der Waals surface area contributed by atoms with Crippen molar-refractivity contribution in [3.05, 3.63) is 40.9 Å². The molecule has 1 heteroatoms. The molecule has 0 amide bonds. The van der Waals surface area contributed by atoms with E-state index in [1.54, 1.807) is 0 Å². The zero-order valence-corrected chi connectivity index (χ0v) is 8.80. The largest absolute Gasteiger partial charge is 0.120 e. The Kier molecular flexibility index (Phi) is 4.89. The Labute approximate surface area is 90.6 Å². The van der Waals surface area contributed by atoms with Crippen LogP contribution in [0, 0.1) is 12.3 Å². The second-order valence-corrected chi connectivity index (χ2v) is 3.49. The fourth-order valence-corrected chi connectivity index (χ4v) is 1.35. The molecular weight excluding hydrogens is 192 g/mol. The lowest BCUT2D eigenvalue weighted by molar-refractivity contribution is 0.888. The summed E-state index contributed by atoms with van der Waals surface area (Å²) in [5, 5.41) is 0.774. The molecule has 0 fully saturated rings. The summed E-state index contributed by atoms with van der Waals surface area (Å²) < 4.78 is 0. The van der Waals surface area contributed by atoms with Crippen LogP contribution in [0.25, 0.3) is 6.08 Å². The molecule has 0 aliphatic heterocycles. The minimum Gasteiger partial charge on any atom is -0.120 e. The standard InChI is InChI=1S/C13H13Cl/c1-2-3-4-5-6-8-12-9-7-10-13(14)11-12/h1,6-11H,3-5H2. The van der Waals surface area contributed by atoms with E-state index in [-0.39, 0.29) is 0 Å². The van der Waals surface area contributed by atoms with Gasteiger partial charge in [0.05, 0.1) is 0 Å². The topological polar surface area (TPSA) is 0 Å². The Morgan fingerprint density at radius 1 is 1.43 bits per heavy atom. The molecule has 14 heavy (non-hydrogen) atoms. The summed E-state index contributed by atoms with van der Waals surface area (Å²) in [5.41, 5.74) is 1.14. The molecule has 72 valence electrons. The van der Waals surface area contributed by atoms with Crippen molar-refractivity contribution in [2.75, 3.05) is 0 Å². The van der Waals surface area contributed by atoms with E-state index in [4.69, 9.17) is 18.0 Å². The lowest BCUT2D eigenvalue weighted by Gasteiger charge is -1.93. The van der Waals surface area contributed by atoms with Gasteiger partial charge in [-0.25, -0.2) is 0 Å². The lowest BCUT2D eigenvalue weighted by atomic mass is 10.1. The summed E-state index contributed by atoms with van der Waals surface area (Å²) in [6.45, 7) is 0. The SMILES string of the molecule is C#CCCCC=Cc1cccc(Cl)c1. The molecule has 0 saturated carbocycles. The third-order valence-electron chi connectivity index (χ3n) is 1.85. The molecular formula is C13H13Cl. The summed E-state index contributed by atoms with van der Waals surface area (Å²) in [6.07, 6.45) is 12.3. The highest BCUT2D eigenvalue weighted by Gasteiger charge is 1.88. The number of unbranched alkanes of at least 4 members (excludes halogenated alkanes) is 2. The predicted octanol–water partition coefficient (Wildman–Crippen LogP) is 4.16. The van der Waals surface area contributed by atoms with Gasteiger partial charge in [0, 0.05) is 11.4 Å². The van der Waals surface area contributed by atoms with Gasteiger partial charge in [0.25, 0.3) is 0 Å². The van der Waals surface area contributed by atoms with Crippen molar-refractivity contribution in [1.82, 2.24) is 0 Å². The summed E-state index contributed by atoms with van der Waals surface area (Å²) >= 11 is 5.85. The Morgan fingerprint density at radius 2 is 2.29 bits per heavy atom. The van der Waals surface area contributed by atoms with Crippen molar-refractivity contribution in [1.29, 1.82) is 0 Å². The maximum absolute atomic E-state index is 5.85. The lowest BCUT2D eigenvalue weighted by Crippen LogP contribution is -1.72. The molecule has 1 rings (SSSR count). The summed E-state index contributed by atoms with van der Waals surface area (Å²) in [7, 11) is 0. The summed E-state index contributed by atoms with van der Waals surface area (Å²) in [5.74, 6) is 2.62. The van der Waals surface area contributed by atoms with Crippen LogP contribution in [0.5, 0.6) is 0 Å². The number of rotatable bonds is 4. The third kappa shape index (κ3) is 4.16. The van der Waals surface area contributed by atoms with Crippen LogP contribution in [0.3, 0.4) is 0 Å². The van der Waals surface area contributed by atoms with Crippen LogP contribution in [-0.2, 0) is 0 Å². The molecule has 0 heterocycles. The van der Waals surface area contributed by atoms with Crippen molar-refractivity contribution in [2.24, 2.45) is 0 Å². The van der Waals surface area contributed by atoms with E-state index in [1.165, 1.54) is 0 Å². The van der Waals surface area contributed by atoms with E-state index in [0.717, 1.165) is 29.8 Å². The summed E-state index contributed by atoms with van der Waals surface area (Å²) in [4.78, 5) is 0. The molecule has 1 aromatic carbocycles. The maximum Gasteiger partial charge on any atom is 0.0411 e. The van der Waals surface area contributed by atoms with Gasteiger partial charge in [0.2, 0.25) is 0 Å². The van der Waals surface area contributed by atoms with E-state index < -0.39 is 0 Å². The van der Waals surface area contributed by atoms with E-state index in [1.807, 2.05) is 24.3 Å². The number of benzene rings is 1. The summed E-state index contributed by atoms with van der Waals surface area (Å²) in [6, 6.07) is 7.80. The van der Waals surface area contributed by atoms with Gasteiger partial charge in [-0.1, -0.05) is 35.9 Å². The van der Waals surface area contributed by atoms with Crippen LogP contribution in [0.15, 0.2) is 30.3 Å². The first-order valence-electron chi connectivity index (χ1n) is 4.68. The second kappa shape index (κ2) is 6.29. The van der Waals surface area contributed by atoms with E-state index >= 15 is 0 Å². The van der Waals surface area contributed by atoms with Crippen molar-refractivity contribution < 1.29 is 0 Å². The van der Waals surface area contributed by atoms with E-state index in [0.29, 0.717) is 0 Å². The molecule has 0 aliphatic rings. The molecule has 0 bridgehead atoms. The molecule has 0 radical (unpaired) electrons. The molecule has 0 aliphatic carbocycles. The van der Waals surface area contributed by atoms with Crippen LogP contribution in [0.2, 0.25) is 5.02 Å². The Balaban J connectivity index is 2.41. The smallest absolute Gasteiger partial charge is 0.0411 e. The van der Waals surface area contributed by atoms with Crippen molar-refractivity contribution in [2.45, 2.75) is 19.3 Å². The highest BCUT2D eigenvalue weighted by molar-refractivity contribution is 6.30. The van der Waals surface area contributed by atoms with Gasteiger partial charge in [0.1, 0.15) is 0 Å². The minimum absolute atomic E-state index is 0.774. The monoisotopic (exact) mass is 204 g/mol. The number of hydrogen-bond donors (Lipinski definition) is 0. The van der Waals surface area contributed by atoms with Crippen molar-refractivity contribution in [3.63, 3.8) is 0 Å².